The summed E-state index contributed by atoms with van der Waals surface area (Å²) in [7, 11) is 0. The van der Waals surface area contributed by atoms with Gasteiger partial charge in [-0.3, -0.25) is 4.79 Å². The fourth-order valence-corrected chi connectivity index (χ4v) is 4.13. The summed E-state index contributed by atoms with van der Waals surface area (Å²) in [4.78, 5) is 19.1. The first kappa shape index (κ1) is 22.6. The van der Waals surface area contributed by atoms with E-state index in [1.54, 1.807) is 18.3 Å². The first-order chi connectivity index (χ1) is 14.7. The molecule has 0 bridgehead atoms. The van der Waals surface area contributed by atoms with Gasteiger partial charge < -0.3 is 15.3 Å². The van der Waals surface area contributed by atoms with Crippen molar-refractivity contribution in [2.24, 2.45) is 11.8 Å². The van der Waals surface area contributed by atoms with Crippen molar-refractivity contribution in [3.8, 4) is 6.07 Å². The zero-order valence-electron chi connectivity index (χ0n) is 18.9. The van der Waals surface area contributed by atoms with Crippen LogP contribution in [0.25, 0.3) is 0 Å². The lowest BCUT2D eigenvalue weighted by atomic mass is 9.65. The Morgan fingerprint density at radius 3 is 2.26 bits per heavy atom. The number of hydrogen-bond donors (Lipinski definition) is 2. The summed E-state index contributed by atoms with van der Waals surface area (Å²) in [6.45, 7) is 10.5. The Morgan fingerprint density at radius 1 is 1.19 bits per heavy atom. The molecule has 164 valence electrons. The van der Waals surface area contributed by atoms with Crippen LogP contribution >= 0.6 is 0 Å². The second-order valence-electron chi connectivity index (χ2n) is 9.34. The molecule has 31 heavy (non-hydrogen) atoms. The minimum atomic E-state index is -0.840. The van der Waals surface area contributed by atoms with Crippen LogP contribution in [0, 0.1) is 23.2 Å². The quantitative estimate of drug-likeness (QED) is 0.570. The highest BCUT2D eigenvalue weighted by atomic mass is 16.4. The van der Waals surface area contributed by atoms with Crippen molar-refractivity contribution in [2.45, 2.75) is 52.4 Å². The van der Waals surface area contributed by atoms with Crippen LogP contribution in [0.4, 0.5) is 17.2 Å². The minimum Gasteiger partial charge on any atom is -0.481 e. The van der Waals surface area contributed by atoms with Crippen LogP contribution in [0.15, 0.2) is 36.5 Å². The van der Waals surface area contributed by atoms with Gasteiger partial charge in [0, 0.05) is 25.0 Å². The molecular formula is C25H32N4O2. The fourth-order valence-electron chi connectivity index (χ4n) is 4.13. The van der Waals surface area contributed by atoms with Gasteiger partial charge in [0.15, 0.2) is 5.82 Å². The van der Waals surface area contributed by atoms with Crippen LogP contribution in [0.5, 0.6) is 0 Å². The van der Waals surface area contributed by atoms with E-state index in [0.29, 0.717) is 30.2 Å². The van der Waals surface area contributed by atoms with Gasteiger partial charge in [-0.2, -0.15) is 5.26 Å². The Kier molecular flexibility index (Phi) is 6.84. The van der Waals surface area contributed by atoms with E-state index >= 15 is 0 Å². The second kappa shape index (κ2) is 9.38. The summed E-state index contributed by atoms with van der Waals surface area (Å²) in [6.07, 6.45) is 3.95. The number of carbonyl (C=O) groups is 1. The number of pyridine rings is 1. The Morgan fingerprint density at radius 2 is 1.81 bits per heavy atom. The summed E-state index contributed by atoms with van der Waals surface area (Å²) in [5.74, 6) is 0.967. The highest BCUT2D eigenvalue weighted by Crippen LogP contribution is 2.45. The van der Waals surface area contributed by atoms with Crippen LogP contribution in [0.3, 0.4) is 0 Å². The van der Waals surface area contributed by atoms with Gasteiger partial charge in [-0.15, -0.1) is 0 Å². The number of nitriles is 1. The third-order valence-corrected chi connectivity index (χ3v) is 5.80. The number of aliphatic carboxylic acids is 1. The van der Waals surface area contributed by atoms with Crippen molar-refractivity contribution in [2.75, 3.05) is 23.3 Å². The van der Waals surface area contributed by atoms with E-state index in [2.05, 4.69) is 44.0 Å². The van der Waals surface area contributed by atoms with E-state index < -0.39 is 11.4 Å². The number of nitrogens with one attached hydrogen (secondary N) is 1. The highest BCUT2D eigenvalue weighted by molar-refractivity contribution is 5.84. The van der Waals surface area contributed by atoms with Gasteiger partial charge in [0.1, 0.15) is 0 Å². The molecule has 0 unspecified atom stereocenters. The number of aromatic nitrogens is 1. The smallest absolute Gasteiger partial charge is 0.314 e. The Labute approximate surface area is 184 Å². The predicted octanol–water partition coefficient (Wildman–Crippen LogP) is 5.32. The summed E-state index contributed by atoms with van der Waals surface area (Å²) in [5.41, 5.74) is 2.15. The molecular weight excluding hydrogens is 388 g/mol. The molecule has 1 aromatic heterocycles. The predicted molar refractivity (Wildman–Crippen MR) is 124 cm³/mol. The van der Waals surface area contributed by atoms with Crippen LogP contribution in [-0.2, 0) is 10.2 Å². The van der Waals surface area contributed by atoms with Gasteiger partial charge in [0.2, 0.25) is 0 Å². The zero-order valence-corrected chi connectivity index (χ0v) is 18.9. The third-order valence-electron chi connectivity index (χ3n) is 5.80. The molecule has 0 spiro atoms. The van der Waals surface area contributed by atoms with Crippen molar-refractivity contribution in [3.05, 3.63) is 47.7 Å². The van der Waals surface area contributed by atoms with E-state index in [1.165, 1.54) is 0 Å². The van der Waals surface area contributed by atoms with Crippen LogP contribution in [0.1, 0.15) is 58.1 Å². The van der Waals surface area contributed by atoms with Crippen molar-refractivity contribution >= 4 is 23.2 Å². The molecule has 1 aliphatic rings. The molecule has 1 heterocycles. The van der Waals surface area contributed by atoms with Gasteiger partial charge in [0.05, 0.1) is 22.7 Å². The summed E-state index contributed by atoms with van der Waals surface area (Å²) >= 11 is 0. The Hall–Kier alpha value is -3.07. The summed E-state index contributed by atoms with van der Waals surface area (Å²) in [6, 6.07) is 11.4. The van der Waals surface area contributed by atoms with Crippen molar-refractivity contribution in [1.82, 2.24) is 4.98 Å². The summed E-state index contributed by atoms with van der Waals surface area (Å²) < 4.78 is 0. The van der Waals surface area contributed by atoms with Gasteiger partial charge >= 0.3 is 5.97 Å². The SMILES string of the molecule is CC(C)CN(CC(C)C)c1ncc(C2(C(=O)O)CCC2)cc1Nc1ccc(C#N)cc1. The van der Waals surface area contributed by atoms with E-state index in [0.717, 1.165) is 42.3 Å². The molecule has 3 rings (SSSR count). The molecule has 2 N–H and O–H groups in total. The van der Waals surface area contributed by atoms with E-state index in [-0.39, 0.29) is 0 Å². The van der Waals surface area contributed by atoms with Gasteiger partial charge in [-0.1, -0.05) is 34.1 Å². The number of rotatable bonds is 9. The first-order valence-electron chi connectivity index (χ1n) is 11.0. The fraction of sp³-hybridized carbons (Fsp3) is 0.480. The van der Waals surface area contributed by atoms with E-state index in [9.17, 15) is 9.90 Å². The summed E-state index contributed by atoms with van der Waals surface area (Å²) in [5, 5.41) is 22.4. The molecule has 0 amide bonds. The standard InChI is InChI=1S/C25H32N4O2/c1-17(2)15-29(16-18(3)4)23-22(28-21-8-6-19(13-26)7-9-21)12-20(14-27-23)25(24(30)31)10-5-11-25/h6-9,12,14,17-18,28H,5,10-11,15-16H2,1-4H3,(H,30,31). The Balaban J connectivity index is 2.05. The van der Waals surface area contributed by atoms with Crippen LogP contribution < -0.4 is 10.2 Å². The first-order valence-corrected chi connectivity index (χ1v) is 11.0. The molecule has 1 aromatic carbocycles. The molecule has 0 aliphatic heterocycles. The topological polar surface area (TPSA) is 89.2 Å². The van der Waals surface area contributed by atoms with Crippen molar-refractivity contribution in [1.29, 1.82) is 5.26 Å². The van der Waals surface area contributed by atoms with E-state index in [1.807, 2.05) is 18.2 Å². The molecule has 0 atom stereocenters. The number of nitrogens with zero attached hydrogens (tertiary/aromatic N) is 3. The largest absolute Gasteiger partial charge is 0.481 e. The minimum absolute atomic E-state index is 0.458. The average molecular weight is 421 g/mol. The third kappa shape index (κ3) is 4.99. The Bertz CT molecular complexity index is 946. The zero-order chi connectivity index (χ0) is 22.6. The number of anilines is 3. The normalized spacial score (nSPS) is 14.7. The van der Waals surface area contributed by atoms with Gasteiger partial charge in [-0.05, 0) is 60.6 Å². The maximum Gasteiger partial charge on any atom is 0.314 e. The lowest BCUT2D eigenvalue weighted by Gasteiger charge is -2.38. The van der Waals surface area contributed by atoms with Gasteiger partial charge in [-0.25, -0.2) is 4.98 Å². The van der Waals surface area contributed by atoms with Gasteiger partial charge in [0.25, 0.3) is 0 Å². The second-order valence-corrected chi connectivity index (χ2v) is 9.34. The molecule has 0 radical (unpaired) electrons. The molecule has 1 fully saturated rings. The molecule has 6 nitrogen and oxygen atoms in total. The van der Waals surface area contributed by atoms with E-state index in [4.69, 9.17) is 10.2 Å². The maximum absolute atomic E-state index is 12.1. The van der Waals surface area contributed by atoms with Crippen LogP contribution in [0.2, 0.25) is 0 Å². The highest BCUT2D eigenvalue weighted by Gasteiger charge is 2.46. The molecule has 1 saturated carbocycles. The molecule has 1 aliphatic carbocycles. The molecule has 0 saturated heterocycles. The molecule has 2 aromatic rings. The van der Waals surface area contributed by atoms with Crippen molar-refractivity contribution < 1.29 is 9.90 Å². The molecule has 6 heteroatoms. The lowest BCUT2D eigenvalue weighted by molar-refractivity contribution is -0.147. The monoisotopic (exact) mass is 420 g/mol. The number of carboxylic acid groups (broad SMARTS) is 1. The van der Waals surface area contributed by atoms with Crippen molar-refractivity contribution in [3.63, 3.8) is 0 Å². The number of hydrogen-bond acceptors (Lipinski definition) is 5. The van der Waals surface area contributed by atoms with Crippen LogP contribution in [-0.4, -0.2) is 29.1 Å². The average Bonchev–Trinajstić information content (AvgIpc) is 2.66. The number of benzene rings is 1. The lowest BCUT2D eigenvalue weighted by Crippen LogP contribution is -2.42. The maximum atomic E-state index is 12.1. The number of carboxylic acids is 1.